The Balaban J connectivity index is 1.59. The molecule has 2 N–H and O–H groups in total. The number of fused-ring (bicyclic) bond motifs is 1. The fourth-order valence-electron chi connectivity index (χ4n) is 3.28. The minimum atomic E-state index is -0.273. The summed E-state index contributed by atoms with van der Waals surface area (Å²) in [5.41, 5.74) is 4.11. The Hall–Kier alpha value is -3.39. The molecule has 0 atom stereocenters. The van der Waals surface area contributed by atoms with Crippen molar-refractivity contribution >= 4 is 29.0 Å². The summed E-state index contributed by atoms with van der Waals surface area (Å²) in [5, 5.41) is 6.08. The number of hydrogen-bond donors (Lipinski definition) is 2. The molecule has 0 radical (unpaired) electrons. The lowest BCUT2D eigenvalue weighted by Gasteiger charge is -2.19. The minimum absolute atomic E-state index is 0.0446. The highest BCUT2D eigenvalue weighted by atomic mass is 32.2. The first kappa shape index (κ1) is 21.8. The Morgan fingerprint density at radius 3 is 2.53 bits per heavy atom. The standard InChI is InChI=1S/C24H25N5O2S/c1-15-6-5-7-18(12-15)25-21(31)14-32-23-27-22(26-19-13-20(30)28-29(19)23)16-8-10-17(11-9-16)24(2,3)4/h5-13H,14H2,1-4H3,(H,25,31)(H,28,30). The van der Waals surface area contributed by atoms with Crippen molar-refractivity contribution in [1.82, 2.24) is 19.6 Å². The van der Waals surface area contributed by atoms with Gasteiger partial charge in [0.1, 0.15) is 0 Å². The van der Waals surface area contributed by atoms with Gasteiger partial charge in [-0.15, -0.1) is 0 Å². The fraction of sp³-hybridized carbons (Fsp3) is 0.250. The van der Waals surface area contributed by atoms with Crippen LogP contribution in [0, 0.1) is 6.92 Å². The highest BCUT2D eigenvalue weighted by molar-refractivity contribution is 7.99. The molecule has 0 bridgehead atoms. The number of aryl methyl sites for hydroxylation is 1. The third kappa shape index (κ3) is 4.91. The molecule has 0 saturated heterocycles. The molecule has 0 unspecified atom stereocenters. The smallest absolute Gasteiger partial charge is 0.266 e. The predicted octanol–water partition coefficient (Wildman–Crippen LogP) is 4.42. The van der Waals surface area contributed by atoms with Crippen molar-refractivity contribution in [2.75, 3.05) is 11.1 Å². The second-order valence-corrected chi connectivity index (χ2v) is 9.62. The van der Waals surface area contributed by atoms with Crippen molar-refractivity contribution in [1.29, 1.82) is 0 Å². The van der Waals surface area contributed by atoms with Gasteiger partial charge in [-0.1, -0.05) is 68.9 Å². The van der Waals surface area contributed by atoms with E-state index in [-0.39, 0.29) is 22.6 Å². The molecule has 0 spiro atoms. The minimum Gasteiger partial charge on any atom is -0.325 e. The lowest BCUT2D eigenvalue weighted by atomic mass is 9.87. The van der Waals surface area contributed by atoms with Crippen LogP contribution in [0.3, 0.4) is 0 Å². The summed E-state index contributed by atoms with van der Waals surface area (Å²) in [6, 6.07) is 17.1. The van der Waals surface area contributed by atoms with Gasteiger partial charge in [-0.25, -0.2) is 14.5 Å². The molecule has 2 heterocycles. The van der Waals surface area contributed by atoms with Gasteiger partial charge in [-0.05, 0) is 35.6 Å². The number of nitrogens with zero attached hydrogens (tertiary/aromatic N) is 3. The highest BCUT2D eigenvalue weighted by Gasteiger charge is 2.16. The molecule has 7 nitrogen and oxygen atoms in total. The van der Waals surface area contributed by atoms with E-state index in [0.717, 1.165) is 16.8 Å². The summed E-state index contributed by atoms with van der Waals surface area (Å²) in [5.74, 6) is 0.492. The van der Waals surface area contributed by atoms with E-state index in [1.54, 1.807) is 0 Å². The molecule has 0 aliphatic carbocycles. The molecule has 0 aliphatic heterocycles. The monoisotopic (exact) mass is 447 g/mol. The van der Waals surface area contributed by atoms with Gasteiger partial charge < -0.3 is 5.32 Å². The second kappa shape index (κ2) is 8.63. The number of rotatable bonds is 5. The topological polar surface area (TPSA) is 92.2 Å². The number of aromatic nitrogens is 4. The van der Waals surface area contributed by atoms with E-state index in [1.165, 1.54) is 27.9 Å². The van der Waals surface area contributed by atoms with E-state index in [4.69, 9.17) is 0 Å². The molecular weight excluding hydrogens is 422 g/mol. The van der Waals surface area contributed by atoms with Crippen molar-refractivity contribution in [3.05, 3.63) is 76.1 Å². The Labute approximate surface area is 190 Å². The zero-order valence-electron chi connectivity index (χ0n) is 18.5. The number of carbonyl (C=O) groups is 1. The van der Waals surface area contributed by atoms with Crippen molar-refractivity contribution < 1.29 is 4.79 Å². The first-order valence-electron chi connectivity index (χ1n) is 10.3. The molecule has 0 aliphatic rings. The molecule has 0 fully saturated rings. The van der Waals surface area contributed by atoms with E-state index in [2.05, 4.69) is 53.3 Å². The Bertz CT molecular complexity index is 1330. The molecular formula is C24H25N5O2S. The molecule has 8 heteroatoms. The quantitative estimate of drug-likeness (QED) is 0.442. The number of anilines is 1. The summed E-state index contributed by atoms with van der Waals surface area (Å²) in [6.45, 7) is 8.45. The van der Waals surface area contributed by atoms with E-state index in [0.29, 0.717) is 16.6 Å². The van der Waals surface area contributed by atoms with Crippen molar-refractivity contribution in [3.63, 3.8) is 0 Å². The number of carbonyl (C=O) groups excluding carboxylic acids is 1. The summed E-state index contributed by atoms with van der Waals surface area (Å²) >= 11 is 1.24. The fourth-order valence-corrected chi connectivity index (χ4v) is 4.03. The first-order chi connectivity index (χ1) is 15.2. The molecule has 0 saturated carbocycles. The summed E-state index contributed by atoms with van der Waals surface area (Å²) < 4.78 is 1.51. The van der Waals surface area contributed by atoms with Crippen LogP contribution >= 0.6 is 11.8 Å². The number of nitrogens with one attached hydrogen (secondary N) is 2. The molecule has 4 aromatic rings. The summed E-state index contributed by atoms with van der Waals surface area (Å²) in [7, 11) is 0. The van der Waals surface area contributed by atoms with E-state index in [9.17, 15) is 9.59 Å². The van der Waals surface area contributed by atoms with Crippen LogP contribution in [-0.2, 0) is 10.2 Å². The average Bonchev–Trinajstić information content (AvgIpc) is 3.11. The molecule has 32 heavy (non-hydrogen) atoms. The Morgan fingerprint density at radius 2 is 1.84 bits per heavy atom. The maximum Gasteiger partial charge on any atom is 0.266 e. The molecule has 2 aromatic carbocycles. The van der Waals surface area contributed by atoms with E-state index >= 15 is 0 Å². The average molecular weight is 448 g/mol. The van der Waals surface area contributed by atoms with E-state index < -0.39 is 0 Å². The largest absolute Gasteiger partial charge is 0.325 e. The zero-order chi connectivity index (χ0) is 22.9. The molecule has 4 rings (SSSR count). The summed E-state index contributed by atoms with van der Waals surface area (Å²) in [6.07, 6.45) is 0. The van der Waals surface area contributed by atoms with Crippen LogP contribution in [0.1, 0.15) is 31.9 Å². The lowest BCUT2D eigenvalue weighted by Crippen LogP contribution is -2.15. The van der Waals surface area contributed by atoms with Crippen LogP contribution in [0.5, 0.6) is 0 Å². The number of benzene rings is 2. The number of amides is 1. The van der Waals surface area contributed by atoms with Crippen LogP contribution in [0.15, 0.2) is 64.5 Å². The third-order valence-corrected chi connectivity index (χ3v) is 5.91. The number of hydrogen-bond acceptors (Lipinski definition) is 5. The van der Waals surface area contributed by atoms with Crippen LogP contribution in [0.4, 0.5) is 5.69 Å². The van der Waals surface area contributed by atoms with Crippen molar-refractivity contribution in [3.8, 4) is 11.4 Å². The SMILES string of the molecule is Cc1cccc(NC(=O)CSc2nc(-c3ccc(C(C)(C)C)cc3)nc3cc(=O)[nH]n23)c1. The van der Waals surface area contributed by atoms with Crippen LogP contribution in [-0.4, -0.2) is 31.2 Å². The molecule has 2 aromatic heterocycles. The van der Waals surface area contributed by atoms with Crippen LogP contribution in [0.25, 0.3) is 17.0 Å². The van der Waals surface area contributed by atoms with Gasteiger partial charge in [-0.3, -0.25) is 14.7 Å². The van der Waals surface area contributed by atoms with Crippen LogP contribution < -0.4 is 10.9 Å². The molecule has 164 valence electrons. The van der Waals surface area contributed by atoms with Gasteiger partial charge in [0.2, 0.25) is 5.91 Å². The van der Waals surface area contributed by atoms with Gasteiger partial charge in [0, 0.05) is 17.3 Å². The third-order valence-electron chi connectivity index (χ3n) is 4.97. The molecule has 1 amide bonds. The Morgan fingerprint density at radius 1 is 1.09 bits per heavy atom. The van der Waals surface area contributed by atoms with Crippen molar-refractivity contribution in [2.45, 2.75) is 38.3 Å². The van der Waals surface area contributed by atoms with E-state index in [1.807, 2.05) is 43.3 Å². The number of aromatic amines is 1. The lowest BCUT2D eigenvalue weighted by molar-refractivity contribution is -0.113. The van der Waals surface area contributed by atoms with Gasteiger partial charge in [-0.2, -0.15) is 0 Å². The van der Waals surface area contributed by atoms with Gasteiger partial charge in [0.15, 0.2) is 16.6 Å². The Kier molecular flexibility index (Phi) is 5.88. The normalized spacial score (nSPS) is 11.6. The summed E-state index contributed by atoms with van der Waals surface area (Å²) in [4.78, 5) is 33.6. The highest BCUT2D eigenvalue weighted by Crippen LogP contribution is 2.26. The second-order valence-electron chi connectivity index (χ2n) is 8.68. The van der Waals surface area contributed by atoms with Gasteiger partial charge in [0.05, 0.1) is 5.75 Å². The van der Waals surface area contributed by atoms with Gasteiger partial charge >= 0.3 is 0 Å². The first-order valence-corrected chi connectivity index (χ1v) is 11.3. The number of H-pyrrole nitrogens is 1. The zero-order valence-corrected chi connectivity index (χ0v) is 19.3. The predicted molar refractivity (Wildman–Crippen MR) is 128 cm³/mol. The number of thioether (sulfide) groups is 1. The maximum atomic E-state index is 12.5. The van der Waals surface area contributed by atoms with Crippen molar-refractivity contribution in [2.24, 2.45) is 0 Å². The van der Waals surface area contributed by atoms with Crippen LogP contribution in [0.2, 0.25) is 0 Å². The van der Waals surface area contributed by atoms with Gasteiger partial charge in [0.25, 0.3) is 5.56 Å². The maximum absolute atomic E-state index is 12.5.